The molecule has 0 aromatic carbocycles. The van der Waals surface area contributed by atoms with Gasteiger partial charge in [0.15, 0.2) is 0 Å². The summed E-state index contributed by atoms with van der Waals surface area (Å²) in [5.41, 5.74) is -0.403. The van der Waals surface area contributed by atoms with Gasteiger partial charge in [0.1, 0.15) is 5.82 Å². The van der Waals surface area contributed by atoms with Crippen LogP contribution in [-0.2, 0) is 13.6 Å². The average molecular weight is 292 g/mol. The zero-order valence-electron chi connectivity index (χ0n) is 12.5. The van der Waals surface area contributed by atoms with Crippen molar-refractivity contribution in [3.63, 3.8) is 0 Å². The predicted molar refractivity (Wildman–Crippen MR) is 77.1 cm³/mol. The van der Waals surface area contributed by atoms with Crippen LogP contribution in [0.25, 0.3) is 0 Å². The summed E-state index contributed by atoms with van der Waals surface area (Å²) >= 11 is 0. The average Bonchev–Trinajstić information content (AvgIpc) is 3.02. The molecule has 0 saturated carbocycles. The van der Waals surface area contributed by atoms with E-state index in [1.54, 1.807) is 6.20 Å². The maximum absolute atomic E-state index is 11.8. The number of amides is 1. The minimum Gasteiger partial charge on any atom is -0.349 e. The minimum atomic E-state index is -0.403. The molecule has 2 rings (SSSR count). The number of aromatic amines is 1. The van der Waals surface area contributed by atoms with Crippen molar-refractivity contribution in [2.24, 2.45) is 7.05 Å². The molecule has 0 saturated heterocycles. The normalized spacial score (nSPS) is 11.0. The third kappa shape index (κ3) is 3.59. The second kappa shape index (κ2) is 6.38. The van der Waals surface area contributed by atoms with Crippen molar-refractivity contribution < 1.29 is 4.79 Å². The van der Waals surface area contributed by atoms with Gasteiger partial charge in [-0.2, -0.15) is 0 Å². The number of H-pyrrole nitrogens is 1. The highest BCUT2D eigenvalue weighted by Gasteiger charge is 2.11. The quantitative estimate of drug-likeness (QED) is 0.746. The monoisotopic (exact) mass is 292 g/mol. The van der Waals surface area contributed by atoms with E-state index >= 15 is 0 Å². The lowest BCUT2D eigenvalue weighted by molar-refractivity contribution is 0.0942. The molecule has 2 aromatic rings. The molecule has 0 bridgehead atoms. The number of carbonyl (C=O) groups excluding carboxylic acids is 1. The second-order valence-electron chi connectivity index (χ2n) is 5.15. The van der Waals surface area contributed by atoms with Crippen LogP contribution in [0.2, 0.25) is 0 Å². The van der Waals surface area contributed by atoms with Crippen LogP contribution in [-0.4, -0.2) is 36.8 Å². The fourth-order valence-electron chi connectivity index (χ4n) is 2.05. The van der Waals surface area contributed by atoms with E-state index in [1.807, 2.05) is 6.20 Å². The molecule has 0 aliphatic heterocycles. The highest BCUT2D eigenvalue weighted by atomic mass is 16.2. The molecule has 8 nitrogen and oxygen atoms in total. The van der Waals surface area contributed by atoms with Crippen LogP contribution >= 0.6 is 0 Å². The molecule has 0 fully saturated rings. The lowest BCUT2D eigenvalue weighted by Gasteiger charge is -2.10. The van der Waals surface area contributed by atoms with Crippen LogP contribution in [0.3, 0.4) is 0 Å². The zero-order chi connectivity index (χ0) is 15.4. The lowest BCUT2D eigenvalue weighted by atomic mass is 10.2. The number of imidazole rings is 1. The van der Waals surface area contributed by atoms with Gasteiger partial charge in [-0.3, -0.25) is 9.78 Å². The molecular formula is C13H20N6O2. The van der Waals surface area contributed by atoms with Gasteiger partial charge in [-0.25, -0.2) is 14.5 Å². The molecule has 0 atom stereocenters. The fourth-order valence-corrected chi connectivity index (χ4v) is 2.05. The van der Waals surface area contributed by atoms with E-state index < -0.39 is 5.69 Å². The summed E-state index contributed by atoms with van der Waals surface area (Å²) in [6, 6.07) is 0. The van der Waals surface area contributed by atoms with Crippen molar-refractivity contribution in [3.8, 4) is 0 Å². The van der Waals surface area contributed by atoms with Crippen molar-refractivity contribution >= 4 is 5.91 Å². The number of hydrogen-bond acceptors (Lipinski definition) is 4. The Labute approximate surface area is 122 Å². The first-order chi connectivity index (χ1) is 9.99. The first kappa shape index (κ1) is 15.0. The van der Waals surface area contributed by atoms with Gasteiger partial charge >= 0.3 is 5.69 Å². The number of nitrogens with one attached hydrogen (secondary N) is 2. The van der Waals surface area contributed by atoms with Crippen molar-refractivity contribution in [1.29, 1.82) is 0 Å². The van der Waals surface area contributed by atoms with Crippen molar-refractivity contribution in [2.45, 2.75) is 32.7 Å². The van der Waals surface area contributed by atoms with Crippen LogP contribution < -0.4 is 11.0 Å². The molecule has 1 amide bonds. The lowest BCUT2D eigenvalue weighted by Crippen LogP contribution is -2.26. The molecule has 114 valence electrons. The van der Waals surface area contributed by atoms with Gasteiger partial charge in [-0.1, -0.05) is 13.8 Å². The van der Waals surface area contributed by atoms with Crippen molar-refractivity contribution in [3.05, 3.63) is 34.5 Å². The Hall–Kier alpha value is -2.38. The summed E-state index contributed by atoms with van der Waals surface area (Å²) in [7, 11) is 1.49. The van der Waals surface area contributed by atoms with Gasteiger partial charge in [-0.15, -0.1) is 5.10 Å². The predicted octanol–water partition coefficient (Wildman–Crippen LogP) is 0.248. The summed E-state index contributed by atoms with van der Waals surface area (Å²) in [5.74, 6) is 1.07. The molecule has 0 aliphatic rings. The van der Waals surface area contributed by atoms with Gasteiger partial charge in [0.25, 0.3) is 5.91 Å². The van der Waals surface area contributed by atoms with Gasteiger partial charge in [0.2, 0.25) is 5.82 Å². The van der Waals surface area contributed by atoms with Gasteiger partial charge in [0.05, 0.1) is 0 Å². The summed E-state index contributed by atoms with van der Waals surface area (Å²) in [6.45, 7) is 5.48. The maximum Gasteiger partial charge on any atom is 0.343 e. The highest BCUT2D eigenvalue weighted by molar-refractivity contribution is 5.90. The molecule has 0 spiro atoms. The van der Waals surface area contributed by atoms with E-state index in [9.17, 15) is 9.59 Å². The Morgan fingerprint density at radius 2 is 2.24 bits per heavy atom. The number of aryl methyl sites for hydroxylation is 2. The van der Waals surface area contributed by atoms with Crippen LogP contribution in [0.1, 0.15) is 42.6 Å². The minimum absolute atomic E-state index is 0.0352. The van der Waals surface area contributed by atoms with Gasteiger partial charge < -0.3 is 9.88 Å². The van der Waals surface area contributed by atoms with Gasteiger partial charge in [-0.05, 0) is 6.42 Å². The van der Waals surface area contributed by atoms with Crippen molar-refractivity contribution in [1.82, 2.24) is 29.6 Å². The van der Waals surface area contributed by atoms with E-state index in [4.69, 9.17) is 0 Å². The molecule has 0 unspecified atom stereocenters. The Bertz CT molecular complexity index is 666. The Morgan fingerprint density at radius 3 is 2.86 bits per heavy atom. The molecule has 8 heteroatoms. The number of hydrogen-bond donors (Lipinski definition) is 2. The third-order valence-corrected chi connectivity index (χ3v) is 3.11. The Morgan fingerprint density at radius 1 is 1.48 bits per heavy atom. The van der Waals surface area contributed by atoms with Crippen LogP contribution in [0, 0.1) is 0 Å². The van der Waals surface area contributed by atoms with E-state index in [0.717, 1.165) is 23.5 Å². The maximum atomic E-state index is 11.8. The molecular weight excluding hydrogens is 272 g/mol. The Kier molecular flexibility index (Phi) is 4.56. The second-order valence-corrected chi connectivity index (χ2v) is 5.15. The molecule has 21 heavy (non-hydrogen) atoms. The van der Waals surface area contributed by atoms with Crippen LogP contribution in [0.5, 0.6) is 0 Å². The first-order valence-corrected chi connectivity index (χ1v) is 6.91. The topological polar surface area (TPSA) is 97.6 Å². The zero-order valence-corrected chi connectivity index (χ0v) is 12.5. The summed E-state index contributed by atoms with van der Waals surface area (Å²) < 4.78 is 3.18. The van der Waals surface area contributed by atoms with Gasteiger partial charge in [0, 0.05) is 38.4 Å². The number of rotatable bonds is 6. The number of nitrogens with zero attached hydrogens (tertiary/aromatic N) is 4. The highest BCUT2D eigenvalue weighted by Crippen LogP contribution is 2.11. The van der Waals surface area contributed by atoms with Crippen LogP contribution in [0.4, 0.5) is 0 Å². The standard InChI is InChI=1S/C13H20N6O2/c1-9(2)11-14-6-8-19(11)7-4-5-15-12(20)10-16-13(21)18(3)17-10/h6,8-9H,4-5,7H2,1-3H3,(H,15,20)(H,16,17,21). The van der Waals surface area contributed by atoms with E-state index in [-0.39, 0.29) is 11.7 Å². The summed E-state index contributed by atoms with van der Waals surface area (Å²) in [4.78, 5) is 29.7. The third-order valence-electron chi connectivity index (χ3n) is 3.11. The number of aromatic nitrogens is 5. The summed E-state index contributed by atoms with van der Waals surface area (Å²) in [6.07, 6.45) is 4.50. The molecule has 0 radical (unpaired) electrons. The first-order valence-electron chi connectivity index (χ1n) is 6.91. The smallest absolute Gasteiger partial charge is 0.343 e. The SMILES string of the molecule is CC(C)c1nccn1CCCNC(=O)c1nn(C)c(=O)[nH]1. The number of carbonyl (C=O) groups is 1. The molecule has 0 aliphatic carbocycles. The van der Waals surface area contributed by atoms with E-state index in [0.29, 0.717) is 12.5 Å². The Balaban J connectivity index is 1.80. The molecule has 2 aromatic heterocycles. The molecule has 2 heterocycles. The van der Waals surface area contributed by atoms with Crippen molar-refractivity contribution in [2.75, 3.05) is 6.54 Å². The molecule has 2 N–H and O–H groups in total. The summed E-state index contributed by atoms with van der Waals surface area (Å²) in [5, 5.41) is 6.53. The van der Waals surface area contributed by atoms with Crippen LogP contribution in [0.15, 0.2) is 17.2 Å². The largest absolute Gasteiger partial charge is 0.349 e. The van der Waals surface area contributed by atoms with E-state index in [1.165, 1.54) is 7.05 Å². The van der Waals surface area contributed by atoms with E-state index in [2.05, 4.69) is 38.8 Å². The fraction of sp³-hybridized carbons (Fsp3) is 0.538.